The summed E-state index contributed by atoms with van der Waals surface area (Å²) < 4.78 is 0. The minimum absolute atomic E-state index is 0.00157. The topological polar surface area (TPSA) is 38.7 Å². The van der Waals surface area contributed by atoms with Crippen LogP contribution in [-0.4, -0.2) is 72.4 Å². The summed E-state index contributed by atoms with van der Waals surface area (Å²) in [5.74, 6) is 0.640. The minimum Gasteiger partial charge on any atom is -0.394 e. The molecular weight excluding hydrogens is 262 g/mol. The van der Waals surface area contributed by atoms with E-state index in [1.165, 1.54) is 58.3 Å². The molecule has 2 aliphatic heterocycles. The lowest BCUT2D eigenvalue weighted by Gasteiger charge is -2.43. The third kappa shape index (κ3) is 3.00. The van der Waals surface area contributed by atoms with Crippen molar-refractivity contribution < 1.29 is 5.11 Å². The molecule has 0 aromatic heterocycles. The number of aliphatic hydroxyl groups is 1. The average Bonchev–Trinajstić information content (AvgIpc) is 3.10. The van der Waals surface area contributed by atoms with Crippen molar-refractivity contribution in [3.05, 3.63) is 0 Å². The van der Waals surface area contributed by atoms with Crippen LogP contribution in [0.2, 0.25) is 0 Å². The van der Waals surface area contributed by atoms with Gasteiger partial charge in [0.15, 0.2) is 0 Å². The van der Waals surface area contributed by atoms with E-state index in [2.05, 4.69) is 22.0 Å². The normalized spacial score (nSPS) is 41.6. The number of hydrogen-bond acceptors (Lipinski definition) is 4. The first-order valence-electron chi connectivity index (χ1n) is 8.96. The lowest BCUT2D eigenvalue weighted by molar-refractivity contribution is 0.0480. The summed E-state index contributed by atoms with van der Waals surface area (Å²) in [6, 6.07) is 1.51. The molecule has 1 aliphatic carbocycles. The van der Waals surface area contributed by atoms with E-state index in [0.29, 0.717) is 18.6 Å². The Kier molecular flexibility index (Phi) is 4.89. The van der Waals surface area contributed by atoms with Crippen LogP contribution in [0.25, 0.3) is 0 Å². The summed E-state index contributed by atoms with van der Waals surface area (Å²) in [6.45, 7) is 7.73. The van der Waals surface area contributed by atoms with Gasteiger partial charge in [0.2, 0.25) is 0 Å². The number of hydrogen-bond donors (Lipinski definition) is 2. The van der Waals surface area contributed by atoms with Crippen molar-refractivity contribution in [2.45, 2.75) is 63.1 Å². The minimum atomic E-state index is -0.00157. The number of likely N-dealkylation sites (N-methyl/N-ethyl adjacent to an activating group) is 1. The molecule has 4 atom stereocenters. The van der Waals surface area contributed by atoms with E-state index in [1.54, 1.807) is 0 Å². The van der Waals surface area contributed by atoms with Crippen LogP contribution in [0.4, 0.5) is 0 Å². The quantitative estimate of drug-likeness (QED) is 0.802. The molecule has 4 nitrogen and oxygen atoms in total. The van der Waals surface area contributed by atoms with Crippen LogP contribution >= 0.6 is 0 Å². The molecule has 3 fully saturated rings. The zero-order chi connectivity index (χ0) is 14.9. The summed E-state index contributed by atoms with van der Waals surface area (Å²) in [7, 11) is 2.02. The molecule has 4 unspecified atom stereocenters. The van der Waals surface area contributed by atoms with Crippen LogP contribution < -0.4 is 5.32 Å². The standard InChI is InChI=1S/C17H33N3O/c1-14-11-20-9-4-6-16(20)12-19(14)10-7-15-5-3-8-17(15,13-21)18-2/h14-16,18,21H,3-13H2,1-2H3. The second kappa shape index (κ2) is 6.53. The molecule has 21 heavy (non-hydrogen) atoms. The van der Waals surface area contributed by atoms with E-state index >= 15 is 0 Å². The van der Waals surface area contributed by atoms with E-state index in [-0.39, 0.29) is 5.54 Å². The van der Waals surface area contributed by atoms with Gasteiger partial charge in [-0.3, -0.25) is 9.80 Å². The molecule has 122 valence electrons. The Hall–Kier alpha value is -0.160. The molecule has 0 aromatic carbocycles. The van der Waals surface area contributed by atoms with Crippen molar-refractivity contribution in [3.8, 4) is 0 Å². The predicted molar refractivity (Wildman–Crippen MR) is 86.5 cm³/mol. The van der Waals surface area contributed by atoms with E-state index in [9.17, 15) is 5.11 Å². The smallest absolute Gasteiger partial charge is 0.0615 e. The summed E-state index contributed by atoms with van der Waals surface area (Å²) in [6.07, 6.45) is 7.69. The van der Waals surface area contributed by atoms with Gasteiger partial charge in [-0.25, -0.2) is 0 Å². The van der Waals surface area contributed by atoms with Crippen LogP contribution in [0.3, 0.4) is 0 Å². The molecule has 2 N–H and O–H groups in total. The van der Waals surface area contributed by atoms with Gasteiger partial charge in [0.05, 0.1) is 6.61 Å². The maximum atomic E-state index is 9.82. The van der Waals surface area contributed by atoms with Gasteiger partial charge in [-0.15, -0.1) is 0 Å². The molecule has 2 saturated heterocycles. The molecule has 3 rings (SSSR count). The Bertz CT molecular complexity index is 345. The zero-order valence-corrected chi connectivity index (χ0v) is 13.9. The second-order valence-electron chi connectivity index (χ2n) is 7.58. The van der Waals surface area contributed by atoms with Gasteiger partial charge < -0.3 is 10.4 Å². The molecule has 2 heterocycles. The first-order valence-corrected chi connectivity index (χ1v) is 8.96. The largest absolute Gasteiger partial charge is 0.394 e. The summed E-state index contributed by atoms with van der Waals surface area (Å²) in [5.41, 5.74) is -0.00157. The van der Waals surface area contributed by atoms with Gasteiger partial charge in [-0.05, 0) is 65.1 Å². The highest BCUT2D eigenvalue weighted by atomic mass is 16.3. The maximum absolute atomic E-state index is 9.82. The highest BCUT2D eigenvalue weighted by molar-refractivity contribution is 4.99. The fraction of sp³-hybridized carbons (Fsp3) is 1.00. The molecule has 0 amide bonds. The van der Waals surface area contributed by atoms with E-state index in [1.807, 2.05) is 7.05 Å². The Morgan fingerprint density at radius 1 is 1.24 bits per heavy atom. The molecule has 0 radical (unpaired) electrons. The summed E-state index contributed by atoms with van der Waals surface area (Å²) >= 11 is 0. The van der Waals surface area contributed by atoms with Crippen molar-refractivity contribution in [3.63, 3.8) is 0 Å². The number of fused-ring (bicyclic) bond motifs is 1. The van der Waals surface area contributed by atoms with Crippen molar-refractivity contribution >= 4 is 0 Å². The lowest BCUT2D eigenvalue weighted by atomic mass is 9.85. The van der Waals surface area contributed by atoms with Gasteiger partial charge in [0, 0.05) is 30.7 Å². The van der Waals surface area contributed by atoms with Crippen molar-refractivity contribution in [2.24, 2.45) is 5.92 Å². The fourth-order valence-corrected chi connectivity index (χ4v) is 5.06. The van der Waals surface area contributed by atoms with Crippen LogP contribution in [0.5, 0.6) is 0 Å². The monoisotopic (exact) mass is 295 g/mol. The van der Waals surface area contributed by atoms with Crippen molar-refractivity contribution in [1.82, 2.24) is 15.1 Å². The fourth-order valence-electron chi connectivity index (χ4n) is 5.06. The van der Waals surface area contributed by atoms with Gasteiger partial charge in [-0.1, -0.05) is 6.42 Å². The molecule has 3 aliphatic rings. The van der Waals surface area contributed by atoms with Gasteiger partial charge in [0.1, 0.15) is 0 Å². The van der Waals surface area contributed by atoms with Crippen molar-refractivity contribution in [2.75, 3.05) is 39.8 Å². The second-order valence-corrected chi connectivity index (χ2v) is 7.58. The van der Waals surface area contributed by atoms with Gasteiger partial charge in [-0.2, -0.15) is 0 Å². The third-order valence-electron chi connectivity index (χ3n) is 6.57. The van der Waals surface area contributed by atoms with Crippen molar-refractivity contribution in [1.29, 1.82) is 0 Å². The molecule has 4 heteroatoms. The van der Waals surface area contributed by atoms with E-state index in [0.717, 1.165) is 12.5 Å². The number of piperazine rings is 1. The first-order chi connectivity index (χ1) is 10.2. The highest BCUT2D eigenvalue weighted by Crippen LogP contribution is 2.38. The average molecular weight is 295 g/mol. The number of nitrogens with one attached hydrogen (secondary N) is 1. The maximum Gasteiger partial charge on any atom is 0.0615 e. The Morgan fingerprint density at radius 3 is 2.86 bits per heavy atom. The zero-order valence-electron chi connectivity index (χ0n) is 13.9. The first kappa shape index (κ1) is 15.7. The van der Waals surface area contributed by atoms with E-state index < -0.39 is 0 Å². The number of aliphatic hydroxyl groups excluding tert-OH is 1. The Labute approximate surface area is 129 Å². The Morgan fingerprint density at radius 2 is 2.10 bits per heavy atom. The molecule has 0 spiro atoms. The van der Waals surface area contributed by atoms with Gasteiger partial charge >= 0.3 is 0 Å². The SMILES string of the molecule is CNC1(CO)CCCC1CCN1CC2CCCN2CC1C. The molecule has 0 bridgehead atoms. The summed E-state index contributed by atoms with van der Waals surface area (Å²) in [4.78, 5) is 5.41. The van der Waals surface area contributed by atoms with Gasteiger partial charge in [0.25, 0.3) is 0 Å². The van der Waals surface area contributed by atoms with Crippen LogP contribution in [0.1, 0.15) is 45.4 Å². The van der Waals surface area contributed by atoms with Crippen LogP contribution in [0.15, 0.2) is 0 Å². The highest BCUT2D eigenvalue weighted by Gasteiger charge is 2.41. The lowest BCUT2D eigenvalue weighted by Crippen LogP contribution is -2.56. The number of rotatable bonds is 5. The molecule has 0 aromatic rings. The van der Waals surface area contributed by atoms with Crippen LogP contribution in [-0.2, 0) is 0 Å². The van der Waals surface area contributed by atoms with E-state index in [4.69, 9.17) is 0 Å². The number of nitrogens with zero attached hydrogens (tertiary/aromatic N) is 2. The Balaban J connectivity index is 1.54. The predicted octanol–water partition coefficient (Wildman–Crippen LogP) is 1.30. The summed E-state index contributed by atoms with van der Waals surface area (Å²) in [5, 5.41) is 13.3. The third-order valence-corrected chi connectivity index (χ3v) is 6.57. The molecular formula is C17H33N3O. The molecule has 1 saturated carbocycles. The van der Waals surface area contributed by atoms with Crippen LogP contribution in [0, 0.1) is 5.92 Å².